The van der Waals surface area contributed by atoms with Gasteiger partial charge in [-0.1, -0.05) is 56.0 Å². The van der Waals surface area contributed by atoms with Crippen molar-refractivity contribution < 1.29 is 0 Å². The molecular formula is C13H28BrN. The molecule has 0 rings (SSSR count). The van der Waals surface area contributed by atoms with E-state index in [1.54, 1.807) is 0 Å². The maximum Gasteiger partial charge on any atom is 0.0129 e. The van der Waals surface area contributed by atoms with E-state index in [1.165, 1.54) is 45.2 Å². The van der Waals surface area contributed by atoms with Gasteiger partial charge in [-0.15, -0.1) is 0 Å². The third kappa shape index (κ3) is 9.37. The van der Waals surface area contributed by atoms with Crippen LogP contribution in [0.4, 0.5) is 0 Å². The summed E-state index contributed by atoms with van der Waals surface area (Å²) in [5, 5.41) is 0. The summed E-state index contributed by atoms with van der Waals surface area (Å²) < 4.78 is 0. The van der Waals surface area contributed by atoms with Gasteiger partial charge in [0.05, 0.1) is 0 Å². The van der Waals surface area contributed by atoms with Crippen LogP contribution in [0.2, 0.25) is 0 Å². The van der Waals surface area contributed by atoms with Crippen LogP contribution in [0.1, 0.15) is 52.9 Å². The number of hydrogen-bond acceptors (Lipinski definition) is 1. The van der Waals surface area contributed by atoms with Crippen molar-refractivity contribution >= 4 is 15.9 Å². The summed E-state index contributed by atoms with van der Waals surface area (Å²) in [4.78, 5) is 3.14. The Morgan fingerprint density at radius 1 is 1.20 bits per heavy atom. The van der Waals surface area contributed by atoms with Crippen molar-refractivity contribution in [1.82, 2.24) is 4.90 Å². The molecule has 0 bridgehead atoms. The summed E-state index contributed by atoms with van der Waals surface area (Å²) in [5.41, 5.74) is 0. The Kier molecular flexibility index (Phi) is 9.93. The zero-order chi connectivity index (χ0) is 11.7. The zero-order valence-corrected chi connectivity index (χ0v) is 12.5. The average Bonchev–Trinajstić information content (AvgIpc) is 2.21. The first-order chi connectivity index (χ1) is 7.10. The average molecular weight is 278 g/mol. The van der Waals surface area contributed by atoms with E-state index in [0.717, 1.165) is 5.92 Å². The van der Waals surface area contributed by atoms with Gasteiger partial charge in [-0.3, -0.25) is 0 Å². The van der Waals surface area contributed by atoms with Gasteiger partial charge in [-0.05, 0) is 32.4 Å². The summed E-state index contributed by atoms with van der Waals surface area (Å²) in [7, 11) is 2.25. The Balaban J connectivity index is 3.64. The predicted molar refractivity (Wildman–Crippen MR) is 73.8 cm³/mol. The van der Waals surface area contributed by atoms with Gasteiger partial charge < -0.3 is 4.90 Å². The molecule has 0 amide bonds. The summed E-state index contributed by atoms with van der Waals surface area (Å²) in [6, 6.07) is 0. The van der Waals surface area contributed by atoms with Gasteiger partial charge in [0.2, 0.25) is 0 Å². The van der Waals surface area contributed by atoms with Gasteiger partial charge in [0.25, 0.3) is 0 Å². The second-order valence-electron chi connectivity index (χ2n) is 4.75. The quantitative estimate of drug-likeness (QED) is 0.568. The van der Waals surface area contributed by atoms with Crippen LogP contribution in [0, 0.1) is 5.92 Å². The minimum Gasteiger partial charge on any atom is -0.306 e. The number of nitrogens with zero attached hydrogens (tertiary/aromatic N) is 1. The van der Waals surface area contributed by atoms with E-state index in [0.29, 0.717) is 4.83 Å². The number of halogens is 1. The monoisotopic (exact) mass is 277 g/mol. The van der Waals surface area contributed by atoms with E-state index in [4.69, 9.17) is 0 Å². The molecule has 0 aliphatic heterocycles. The molecule has 2 atom stereocenters. The van der Waals surface area contributed by atoms with Crippen LogP contribution in [0.15, 0.2) is 0 Å². The lowest BCUT2D eigenvalue weighted by Gasteiger charge is -2.23. The van der Waals surface area contributed by atoms with Crippen molar-refractivity contribution in [2.75, 3.05) is 20.1 Å². The Bertz CT molecular complexity index is 136. The molecule has 0 spiro atoms. The van der Waals surface area contributed by atoms with E-state index in [9.17, 15) is 0 Å². The van der Waals surface area contributed by atoms with E-state index < -0.39 is 0 Å². The molecule has 0 heterocycles. The fraction of sp³-hybridized carbons (Fsp3) is 1.00. The molecule has 92 valence electrons. The molecule has 0 saturated carbocycles. The lowest BCUT2D eigenvalue weighted by Crippen LogP contribution is -2.27. The lowest BCUT2D eigenvalue weighted by molar-refractivity contribution is 0.257. The van der Waals surface area contributed by atoms with Crippen LogP contribution in [0.3, 0.4) is 0 Å². The Labute approximate surface area is 105 Å². The van der Waals surface area contributed by atoms with Crippen molar-refractivity contribution in [3.63, 3.8) is 0 Å². The topological polar surface area (TPSA) is 3.24 Å². The molecule has 0 N–H and O–H groups in total. The first-order valence-corrected chi connectivity index (χ1v) is 7.34. The fourth-order valence-corrected chi connectivity index (χ4v) is 2.05. The van der Waals surface area contributed by atoms with Gasteiger partial charge >= 0.3 is 0 Å². The standard InChI is InChI=1S/C13H28BrN/c1-5-7-8-13(6-2)11-15(4)10-9-12(3)14/h12-13H,5-11H2,1-4H3. The highest BCUT2D eigenvalue weighted by atomic mass is 79.9. The second-order valence-corrected chi connectivity index (χ2v) is 6.31. The summed E-state index contributed by atoms with van der Waals surface area (Å²) in [6.07, 6.45) is 6.70. The van der Waals surface area contributed by atoms with Crippen LogP contribution in [0.25, 0.3) is 0 Å². The predicted octanol–water partition coefficient (Wildman–Crippen LogP) is 4.31. The lowest BCUT2D eigenvalue weighted by atomic mass is 9.99. The minimum atomic E-state index is 0.649. The molecule has 0 fully saturated rings. The van der Waals surface area contributed by atoms with Gasteiger partial charge in [-0.25, -0.2) is 0 Å². The normalized spacial score (nSPS) is 15.6. The van der Waals surface area contributed by atoms with Gasteiger partial charge in [0, 0.05) is 11.4 Å². The molecular weight excluding hydrogens is 250 g/mol. The minimum absolute atomic E-state index is 0.649. The first kappa shape index (κ1) is 15.4. The van der Waals surface area contributed by atoms with Crippen LogP contribution in [-0.2, 0) is 0 Å². The van der Waals surface area contributed by atoms with Crippen LogP contribution in [-0.4, -0.2) is 29.9 Å². The largest absolute Gasteiger partial charge is 0.306 e. The molecule has 1 nitrogen and oxygen atoms in total. The van der Waals surface area contributed by atoms with Gasteiger partial charge in [-0.2, -0.15) is 0 Å². The molecule has 0 aromatic rings. The Morgan fingerprint density at radius 2 is 1.87 bits per heavy atom. The van der Waals surface area contributed by atoms with Crippen molar-refractivity contribution in [3.8, 4) is 0 Å². The molecule has 0 aliphatic carbocycles. The van der Waals surface area contributed by atoms with Crippen LogP contribution in [0.5, 0.6) is 0 Å². The van der Waals surface area contributed by atoms with E-state index in [2.05, 4.69) is 48.6 Å². The van der Waals surface area contributed by atoms with Gasteiger partial charge in [0.15, 0.2) is 0 Å². The molecule has 15 heavy (non-hydrogen) atoms. The summed E-state index contributed by atoms with van der Waals surface area (Å²) in [5.74, 6) is 0.903. The first-order valence-electron chi connectivity index (χ1n) is 6.42. The molecule has 0 saturated heterocycles. The number of unbranched alkanes of at least 4 members (excludes halogenated alkanes) is 1. The highest BCUT2D eigenvalue weighted by Crippen LogP contribution is 2.14. The highest BCUT2D eigenvalue weighted by molar-refractivity contribution is 9.09. The molecule has 0 radical (unpaired) electrons. The summed E-state index contributed by atoms with van der Waals surface area (Å²) in [6.45, 7) is 9.32. The molecule has 0 aliphatic rings. The molecule has 2 heteroatoms. The molecule has 2 unspecified atom stereocenters. The Morgan fingerprint density at radius 3 is 2.33 bits per heavy atom. The number of rotatable bonds is 9. The van der Waals surface area contributed by atoms with E-state index >= 15 is 0 Å². The molecule has 0 aromatic carbocycles. The fourth-order valence-electron chi connectivity index (χ4n) is 1.85. The van der Waals surface area contributed by atoms with Crippen molar-refractivity contribution in [2.24, 2.45) is 5.92 Å². The summed E-state index contributed by atoms with van der Waals surface area (Å²) >= 11 is 3.60. The smallest absolute Gasteiger partial charge is 0.0129 e. The van der Waals surface area contributed by atoms with Gasteiger partial charge in [0.1, 0.15) is 0 Å². The van der Waals surface area contributed by atoms with Crippen molar-refractivity contribution in [1.29, 1.82) is 0 Å². The second kappa shape index (κ2) is 9.65. The number of hydrogen-bond donors (Lipinski definition) is 0. The maximum atomic E-state index is 3.60. The van der Waals surface area contributed by atoms with Crippen molar-refractivity contribution in [2.45, 2.75) is 57.7 Å². The van der Waals surface area contributed by atoms with Crippen molar-refractivity contribution in [3.05, 3.63) is 0 Å². The number of alkyl halides is 1. The highest BCUT2D eigenvalue weighted by Gasteiger charge is 2.09. The zero-order valence-electron chi connectivity index (χ0n) is 10.9. The maximum absolute atomic E-state index is 3.60. The van der Waals surface area contributed by atoms with Crippen LogP contribution >= 0.6 is 15.9 Å². The van der Waals surface area contributed by atoms with E-state index in [1.807, 2.05) is 0 Å². The third-order valence-electron chi connectivity index (χ3n) is 3.02. The van der Waals surface area contributed by atoms with E-state index in [-0.39, 0.29) is 0 Å². The third-order valence-corrected chi connectivity index (χ3v) is 3.48. The van der Waals surface area contributed by atoms with Crippen LogP contribution < -0.4 is 0 Å². The molecule has 0 aromatic heterocycles. The SMILES string of the molecule is CCCCC(CC)CN(C)CCC(C)Br. The Hall–Kier alpha value is 0.440.